The van der Waals surface area contributed by atoms with Crippen molar-refractivity contribution in [2.24, 2.45) is 0 Å². The topological polar surface area (TPSA) is 136 Å². The third-order valence-electron chi connectivity index (χ3n) is 3.06. The highest BCUT2D eigenvalue weighted by molar-refractivity contribution is 5.75. The minimum absolute atomic E-state index is 0.170. The van der Waals surface area contributed by atoms with Crippen LogP contribution in [0.3, 0.4) is 0 Å². The summed E-state index contributed by atoms with van der Waals surface area (Å²) in [7, 11) is 0. The Kier molecular flexibility index (Phi) is 5.81. The highest BCUT2D eigenvalue weighted by atomic mass is 19.1. The zero-order valence-corrected chi connectivity index (χ0v) is 10.8. The summed E-state index contributed by atoms with van der Waals surface area (Å²) in [5.74, 6) is -2.22. The van der Waals surface area contributed by atoms with Gasteiger partial charge in [-0.25, -0.2) is 9.18 Å². The average Bonchev–Trinajstić information content (AvgIpc) is 2.34. The molecule has 9 heteroatoms. The van der Waals surface area contributed by atoms with Crippen LogP contribution in [0, 0.1) is 0 Å². The first-order chi connectivity index (χ1) is 9.29. The van der Waals surface area contributed by atoms with Gasteiger partial charge < -0.3 is 30.5 Å². The van der Waals surface area contributed by atoms with Gasteiger partial charge >= 0.3 is 5.97 Å². The number of hydrogen-bond donors (Lipinski definition) is 5. The molecule has 1 fully saturated rings. The molecule has 8 nitrogen and oxygen atoms in total. The van der Waals surface area contributed by atoms with Gasteiger partial charge in [-0.1, -0.05) is 0 Å². The molecule has 1 saturated heterocycles. The van der Waals surface area contributed by atoms with E-state index in [0.29, 0.717) is 0 Å². The normalized spacial score (nSPS) is 35.4. The van der Waals surface area contributed by atoms with Crippen molar-refractivity contribution in [3.8, 4) is 0 Å². The van der Waals surface area contributed by atoms with E-state index in [1.165, 1.54) is 0 Å². The number of alkyl halides is 1. The van der Waals surface area contributed by atoms with Crippen LogP contribution in [0.2, 0.25) is 0 Å². The van der Waals surface area contributed by atoms with Crippen molar-refractivity contribution < 1.29 is 39.1 Å². The fraction of sp³-hybridized carbons (Fsp3) is 0.818. The summed E-state index contributed by atoms with van der Waals surface area (Å²) in [4.78, 5) is 21.9. The molecule has 0 spiro atoms. The van der Waals surface area contributed by atoms with Crippen molar-refractivity contribution in [1.82, 2.24) is 5.32 Å². The fourth-order valence-electron chi connectivity index (χ4n) is 2.12. The number of nitrogens with one attached hydrogen (secondary N) is 1. The van der Waals surface area contributed by atoms with Crippen LogP contribution in [-0.4, -0.2) is 75.5 Å². The molecule has 1 heterocycles. The first kappa shape index (κ1) is 16.8. The zero-order chi connectivity index (χ0) is 15.4. The molecular weight excluding hydrogens is 277 g/mol. The minimum Gasteiger partial charge on any atom is -0.479 e. The molecule has 0 saturated carbocycles. The van der Waals surface area contributed by atoms with E-state index in [9.17, 15) is 24.2 Å². The number of aliphatic carboxylic acids is 1. The Morgan fingerprint density at radius 3 is 2.50 bits per heavy atom. The van der Waals surface area contributed by atoms with E-state index < -0.39 is 55.1 Å². The van der Waals surface area contributed by atoms with Crippen molar-refractivity contribution in [1.29, 1.82) is 0 Å². The van der Waals surface area contributed by atoms with Gasteiger partial charge in [-0.05, 0) is 6.42 Å². The first-order valence-corrected chi connectivity index (χ1v) is 6.06. The van der Waals surface area contributed by atoms with Crippen molar-refractivity contribution >= 4 is 11.9 Å². The Hall–Kier alpha value is -1.29. The van der Waals surface area contributed by atoms with Gasteiger partial charge in [-0.2, -0.15) is 0 Å². The number of aliphatic hydroxyl groups is 3. The number of ether oxygens (including phenoxy) is 1. The summed E-state index contributed by atoms with van der Waals surface area (Å²) in [6.45, 7) is 0.708. The molecule has 1 aliphatic rings. The molecule has 1 aliphatic heterocycles. The maximum atomic E-state index is 13.8. The summed E-state index contributed by atoms with van der Waals surface area (Å²) >= 11 is 0. The van der Waals surface area contributed by atoms with Crippen LogP contribution in [0.25, 0.3) is 0 Å². The Labute approximate surface area is 114 Å². The van der Waals surface area contributed by atoms with Crippen LogP contribution in [0.15, 0.2) is 0 Å². The number of carboxylic acids is 1. The average molecular weight is 295 g/mol. The van der Waals surface area contributed by atoms with Crippen LogP contribution in [0.1, 0.15) is 13.3 Å². The maximum absolute atomic E-state index is 13.8. The van der Waals surface area contributed by atoms with Gasteiger partial charge in [0.2, 0.25) is 5.91 Å². The van der Waals surface area contributed by atoms with E-state index in [4.69, 9.17) is 14.9 Å². The number of aliphatic hydroxyl groups excluding tert-OH is 3. The summed E-state index contributed by atoms with van der Waals surface area (Å²) in [5, 5.41) is 39.4. The van der Waals surface area contributed by atoms with Crippen LogP contribution in [-0.2, 0) is 14.3 Å². The van der Waals surface area contributed by atoms with Crippen LogP contribution >= 0.6 is 0 Å². The summed E-state index contributed by atoms with van der Waals surface area (Å²) in [5.41, 5.74) is 0. The van der Waals surface area contributed by atoms with Gasteiger partial charge in [0.25, 0.3) is 0 Å². The van der Waals surface area contributed by atoms with Gasteiger partial charge in [0, 0.05) is 13.5 Å². The molecule has 0 aliphatic carbocycles. The van der Waals surface area contributed by atoms with Crippen molar-refractivity contribution in [3.63, 3.8) is 0 Å². The highest BCUT2D eigenvalue weighted by Crippen LogP contribution is 2.26. The maximum Gasteiger partial charge on any atom is 0.336 e. The van der Waals surface area contributed by atoms with E-state index in [0.717, 1.165) is 6.92 Å². The molecule has 0 aromatic rings. The SMILES string of the molecule is CC(=O)N[C@@H]1[C@@H](O)[C@@H](F)[C@@H](C(=O)O)O[C@H]1[C@H](O)CCO. The Balaban J connectivity index is 2.98. The predicted octanol–water partition coefficient (Wildman–Crippen LogP) is -2.21. The minimum atomic E-state index is -2.25. The van der Waals surface area contributed by atoms with E-state index in [-0.39, 0.29) is 6.42 Å². The molecule has 1 rings (SSSR count). The summed E-state index contributed by atoms with van der Waals surface area (Å²) in [6.07, 6.45) is -8.91. The number of hydrogen-bond acceptors (Lipinski definition) is 6. The monoisotopic (exact) mass is 295 g/mol. The Bertz CT molecular complexity index is 367. The molecule has 0 aromatic carbocycles. The van der Waals surface area contributed by atoms with E-state index in [1.54, 1.807) is 0 Å². The second-order valence-corrected chi connectivity index (χ2v) is 4.60. The lowest BCUT2D eigenvalue weighted by Crippen LogP contribution is -2.66. The second kappa shape index (κ2) is 6.93. The zero-order valence-electron chi connectivity index (χ0n) is 10.8. The quantitative estimate of drug-likeness (QED) is 0.388. The van der Waals surface area contributed by atoms with Crippen LogP contribution in [0.4, 0.5) is 4.39 Å². The number of carboxylic acid groups (broad SMARTS) is 1. The molecule has 1 amide bonds. The molecule has 116 valence electrons. The van der Waals surface area contributed by atoms with Gasteiger partial charge in [0.15, 0.2) is 12.3 Å². The van der Waals surface area contributed by atoms with Gasteiger partial charge in [0.1, 0.15) is 12.2 Å². The van der Waals surface area contributed by atoms with Crippen LogP contribution in [0.5, 0.6) is 0 Å². The highest BCUT2D eigenvalue weighted by Gasteiger charge is 2.50. The standard InChI is InChI=1S/C11H18FNO7/c1-4(15)13-7-8(17)6(12)10(11(18)19)20-9(7)5(16)2-3-14/h5-10,14,16-17H,2-3H2,1H3,(H,13,15)(H,18,19)/t5-,6-,7-,8+,9+,10+/m1/s1. The summed E-state index contributed by atoms with van der Waals surface area (Å²) < 4.78 is 18.7. The Morgan fingerprint density at radius 2 is 2.05 bits per heavy atom. The predicted molar refractivity (Wildman–Crippen MR) is 62.5 cm³/mol. The third kappa shape index (κ3) is 3.63. The number of amides is 1. The molecule has 0 bridgehead atoms. The number of rotatable bonds is 5. The number of halogens is 1. The lowest BCUT2D eigenvalue weighted by Gasteiger charge is -2.42. The van der Waals surface area contributed by atoms with E-state index in [1.807, 2.05) is 0 Å². The number of carbonyl (C=O) groups excluding carboxylic acids is 1. The third-order valence-corrected chi connectivity index (χ3v) is 3.06. The molecule has 0 radical (unpaired) electrons. The largest absolute Gasteiger partial charge is 0.479 e. The molecule has 0 unspecified atom stereocenters. The molecule has 0 aromatic heterocycles. The van der Waals surface area contributed by atoms with Crippen molar-refractivity contribution in [3.05, 3.63) is 0 Å². The van der Waals surface area contributed by atoms with E-state index >= 15 is 0 Å². The molecule has 20 heavy (non-hydrogen) atoms. The fourth-order valence-corrected chi connectivity index (χ4v) is 2.12. The second-order valence-electron chi connectivity index (χ2n) is 4.60. The molecule has 5 N–H and O–H groups in total. The first-order valence-electron chi connectivity index (χ1n) is 6.06. The number of carbonyl (C=O) groups is 2. The van der Waals surface area contributed by atoms with Gasteiger partial charge in [-0.3, -0.25) is 4.79 Å². The van der Waals surface area contributed by atoms with Crippen LogP contribution < -0.4 is 5.32 Å². The lowest BCUT2D eigenvalue weighted by molar-refractivity contribution is -0.205. The summed E-state index contributed by atoms with van der Waals surface area (Å²) in [6, 6.07) is -1.31. The molecule has 6 atom stereocenters. The molecular formula is C11H18FNO7. The van der Waals surface area contributed by atoms with Gasteiger partial charge in [-0.15, -0.1) is 0 Å². The smallest absolute Gasteiger partial charge is 0.336 e. The Morgan fingerprint density at radius 1 is 1.45 bits per heavy atom. The van der Waals surface area contributed by atoms with E-state index in [2.05, 4.69) is 5.32 Å². The van der Waals surface area contributed by atoms with Crippen molar-refractivity contribution in [2.45, 2.75) is 50.0 Å². The van der Waals surface area contributed by atoms with Crippen molar-refractivity contribution in [2.75, 3.05) is 6.61 Å². The lowest BCUT2D eigenvalue weighted by atomic mass is 9.89. The van der Waals surface area contributed by atoms with Gasteiger partial charge in [0.05, 0.1) is 12.1 Å².